The third-order valence-electron chi connectivity index (χ3n) is 4.04. The van der Waals surface area contributed by atoms with Crippen molar-refractivity contribution >= 4 is 0 Å². The topological polar surface area (TPSA) is 12.0 Å². The summed E-state index contributed by atoms with van der Waals surface area (Å²) in [5.41, 5.74) is 3.53. The highest BCUT2D eigenvalue weighted by Gasteiger charge is 2.46. The normalized spacial score (nSPS) is 33.5. The number of hydrogen-bond donors (Lipinski definition) is 1. The number of nitrogens with one attached hydrogen (secondary N) is 1. The molecule has 1 saturated carbocycles. The predicted octanol–water partition coefficient (Wildman–Crippen LogP) is 2.54. The van der Waals surface area contributed by atoms with E-state index in [0.717, 1.165) is 5.92 Å². The second kappa shape index (κ2) is 3.34. The fourth-order valence-electron chi connectivity index (χ4n) is 3.46. The van der Waals surface area contributed by atoms with E-state index in [9.17, 15) is 0 Å². The van der Waals surface area contributed by atoms with Crippen LogP contribution in [0.5, 0.6) is 0 Å². The zero-order valence-corrected chi connectivity index (χ0v) is 9.42. The Bertz CT molecular complexity index is 358. The molecular weight excluding hydrogens is 182 g/mol. The van der Waals surface area contributed by atoms with E-state index in [1.807, 2.05) is 0 Å². The van der Waals surface area contributed by atoms with Crippen LogP contribution in [0, 0.1) is 18.3 Å². The van der Waals surface area contributed by atoms with Gasteiger partial charge in [-0.2, -0.15) is 0 Å². The van der Waals surface area contributed by atoms with Gasteiger partial charge in [-0.3, -0.25) is 0 Å². The van der Waals surface area contributed by atoms with Crippen LogP contribution in [-0.2, 0) is 6.42 Å². The molecule has 2 aliphatic heterocycles. The predicted molar refractivity (Wildman–Crippen MR) is 62.9 cm³/mol. The summed E-state index contributed by atoms with van der Waals surface area (Å²) >= 11 is 0. The van der Waals surface area contributed by atoms with E-state index in [2.05, 4.69) is 36.5 Å². The Balaban J connectivity index is 1.75. The van der Waals surface area contributed by atoms with Crippen LogP contribution in [0.25, 0.3) is 0 Å². The number of hydrogen-bond acceptors (Lipinski definition) is 1. The summed E-state index contributed by atoms with van der Waals surface area (Å²) in [6.45, 7) is 4.68. The number of aryl methyl sites for hydroxylation is 1. The van der Waals surface area contributed by atoms with Crippen LogP contribution in [0.1, 0.15) is 24.0 Å². The summed E-state index contributed by atoms with van der Waals surface area (Å²) in [7, 11) is 0. The molecule has 0 spiro atoms. The Morgan fingerprint density at radius 1 is 1.40 bits per heavy atom. The average molecular weight is 201 g/mol. The average Bonchev–Trinajstić information content (AvgIpc) is 2.17. The molecule has 3 fully saturated rings. The lowest BCUT2D eigenvalue weighted by Gasteiger charge is -2.53. The largest absolute Gasteiger partial charge is 0.316 e. The zero-order chi connectivity index (χ0) is 10.3. The van der Waals surface area contributed by atoms with Gasteiger partial charge in [0.05, 0.1) is 0 Å². The molecule has 15 heavy (non-hydrogen) atoms. The molecule has 1 heteroatoms. The summed E-state index contributed by atoms with van der Waals surface area (Å²) in [5.74, 6) is 0.976. The molecule has 0 unspecified atom stereocenters. The van der Waals surface area contributed by atoms with Gasteiger partial charge in [0.25, 0.3) is 0 Å². The van der Waals surface area contributed by atoms with Crippen LogP contribution in [0.15, 0.2) is 24.3 Å². The lowest BCUT2D eigenvalue weighted by Crippen LogP contribution is -2.55. The third-order valence-corrected chi connectivity index (χ3v) is 4.04. The Morgan fingerprint density at radius 3 is 2.93 bits per heavy atom. The molecule has 2 saturated heterocycles. The van der Waals surface area contributed by atoms with E-state index in [4.69, 9.17) is 0 Å². The minimum Gasteiger partial charge on any atom is -0.316 e. The second-order valence-electron chi connectivity index (χ2n) is 5.57. The van der Waals surface area contributed by atoms with Gasteiger partial charge in [0.2, 0.25) is 0 Å². The highest BCUT2D eigenvalue weighted by atomic mass is 14.9. The first-order valence-corrected chi connectivity index (χ1v) is 6.02. The first-order chi connectivity index (χ1) is 7.26. The van der Waals surface area contributed by atoms with Crippen molar-refractivity contribution in [1.29, 1.82) is 0 Å². The Hall–Kier alpha value is -0.820. The lowest BCUT2D eigenvalue weighted by atomic mass is 9.57. The van der Waals surface area contributed by atoms with E-state index in [1.54, 1.807) is 0 Å². The number of fused-ring (bicyclic) bond motifs is 2. The van der Waals surface area contributed by atoms with E-state index < -0.39 is 0 Å². The van der Waals surface area contributed by atoms with E-state index >= 15 is 0 Å². The molecule has 80 valence electrons. The van der Waals surface area contributed by atoms with E-state index in [-0.39, 0.29) is 0 Å². The molecule has 1 aromatic rings. The van der Waals surface area contributed by atoms with Crippen LogP contribution >= 0.6 is 0 Å². The quantitative estimate of drug-likeness (QED) is 0.775. The van der Waals surface area contributed by atoms with Crippen LogP contribution in [0.4, 0.5) is 0 Å². The zero-order valence-electron chi connectivity index (χ0n) is 9.42. The highest BCUT2D eigenvalue weighted by Crippen LogP contribution is 2.49. The molecule has 0 amide bonds. The van der Waals surface area contributed by atoms with Gasteiger partial charge in [0.1, 0.15) is 0 Å². The number of rotatable bonds is 2. The van der Waals surface area contributed by atoms with Gasteiger partial charge in [-0.25, -0.2) is 0 Å². The molecule has 1 aromatic carbocycles. The smallest absolute Gasteiger partial charge is 0.00113 e. The number of benzene rings is 1. The summed E-state index contributed by atoms with van der Waals surface area (Å²) < 4.78 is 0. The van der Waals surface area contributed by atoms with Crippen LogP contribution in [0.2, 0.25) is 0 Å². The molecule has 2 bridgehead atoms. The minimum atomic E-state index is 0.608. The maximum Gasteiger partial charge on any atom is 0.00113 e. The molecule has 3 aliphatic rings. The van der Waals surface area contributed by atoms with Crippen molar-refractivity contribution in [1.82, 2.24) is 5.32 Å². The van der Waals surface area contributed by atoms with Crippen molar-refractivity contribution in [3.63, 3.8) is 0 Å². The lowest BCUT2D eigenvalue weighted by molar-refractivity contribution is 0.0145. The van der Waals surface area contributed by atoms with Gasteiger partial charge >= 0.3 is 0 Å². The van der Waals surface area contributed by atoms with Crippen LogP contribution < -0.4 is 5.32 Å². The fourth-order valence-corrected chi connectivity index (χ4v) is 3.46. The van der Waals surface area contributed by atoms with Gasteiger partial charge in [-0.1, -0.05) is 29.8 Å². The standard InChI is InChI=1S/C14H19N/c1-11-3-2-4-12(5-11)6-14-7-13(8-14)9-15-10-14/h2-5,13,15H,6-10H2,1H3. The van der Waals surface area contributed by atoms with Crippen molar-refractivity contribution in [3.8, 4) is 0 Å². The first-order valence-electron chi connectivity index (χ1n) is 6.02. The number of piperidine rings is 2. The summed E-state index contributed by atoms with van der Waals surface area (Å²) in [6, 6.07) is 9.00. The molecule has 1 aliphatic carbocycles. The van der Waals surface area contributed by atoms with Crippen molar-refractivity contribution in [2.24, 2.45) is 11.3 Å². The van der Waals surface area contributed by atoms with Crippen molar-refractivity contribution in [2.45, 2.75) is 26.2 Å². The molecule has 0 radical (unpaired) electrons. The molecule has 1 N–H and O–H groups in total. The summed E-state index contributed by atoms with van der Waals surface area (Å²) in [4.78, 5) is 0. The van der Waals surface area contributed by atoms with Gasteiger partial charge in [0, 0.05) is 6.54 Å². The van der Waals surface area contributed by atoms with E-state index in [0.29, 0.717) is 5.41 Å². The van der Waals surface area contributed by atoms with E-state index in [1.165, 1.54) is 43.5 Å². The fraction of sp³-hybridized carbons (Fsp3) is 0.571. The van der Waals surface area contributed by atoms with Crippen LogP contribution in [-0.4, -0.2) is 13.1 Å². The summed E-state index contributed by atoms with van der Waals surface area (Å²) in [5, 5.41) is 3.56. The second-order valence-corrected chi connectivity index (χ2v) is 5.57. The minimum absolute atomic E-state index is 0.608. The molecular formula is C14H19N. The SMILES string of the molecule is Cc1cccc(CC23CNCC(C2)C3)c1. The highest BCUT2D eigenvalue weighted by molar-refractivity contribution is 5.24. The Labute approximate surface area is 91.9 Å². The first kappa shape index (κ1) is 9.41. The molecule has 0 aromatic heterocycles. The van der Waals surface area contributed by atoms with Gasteiger partial charge in [0.15, 0.2) is 0 Å². The van der Waals surface area contributed by atoms with Gasteiger partial charge < -0.3 is 5.32 Å². The summed E-state index contributed by atoms with van der Waals surface area (Å²) in [6.07, 6.45) is 4.18. The van der Waals surface area contributed by atoms with Gasteiger partial charge in [-0.05, 0) is 49.6 Å². The molecule has 0 atom stereocenters. The van der Waals surface area contributed by atoms with Crippen molar-refractivity contribution < 1.29 is 0 Å². The maximum atomic E-state index is 3.56. The van der Waals surface area contributed by atoms with Gasteiger partial charge in [-0.15, -0.1) is 0 Å². The van der Waals surface area contributed by atoms with Crippen molar-refractivity contribution in [2.75, 3.05) is 13.1 Å². The Morgan fingerprint density at radius 2 is 2.27 bits per heavy atom. The Kier molecular flexibility index (Phi) is 2.10. The third kappa shape index (κ3) is 1.69. The van der Waals surface area contributed by atoms with Crippen molar-refractivity contribution in [3.05, 3.63) is 35.4 Å². The molecule has 4 rings (SSSR count). The maximum absolute atomic E-state index is 3.56. The molecule has 1 nitrogen and oxygen atoms in total. The molecule has 2 heterocycles. The van der Waals surface area contributed by atoms with Crippen LogP contribution in [0.3, 0.4) is 0 Å². The monoisotopic (exact) mass is 201 g/mol.